The number of hydrogen-bond acceptors (Lipinski definition) is 4. The van der Waals surface area contributed by atoms with Crippen LogP contribution in [0.3, 0.4) is 0 Å². The molecular weight excluding hydrogens is 252 g/mol. The molecule has 0 unspecified atom stereocenters. The molecule has 0 spiro atoms. The number of halogens is 1. The van der Waals surface area contributed by atoms with Crippen LogP contribution in [0.15, 0.2) is 18.7 Å². The number of aromatic nitrogens is 4. The van der Waals surface area contributed by atoms with Gasteiger partial charge in [0.05, 0.1) is 18.0 Å². The van der Waals surface area contributed by atoms with Crippen LogP contribution in [0.5, 0.6) is 11.6 Å². The fourth-order valence-electron chi connectivity index (χ4n) is 1.62. The topological polar surface area (TPSA) is 52.8 Å². The van der Waals surface area contributed by atoms with E-state index in [0.29, 0.717) is 16.8 Å². The highest BCUT2D eigenvalue weighted by Gasteiger charge is 2.11. The van der Waals surface area contributed by atoms with Crippen molar-refractivity contribution < 1.29 is 4.74 Å². The van der Waals surface area contributed by atoms with Crippen LogP contribution in [0.2, 0.25) is 5.15 Å². The lowest BCUT2D eigenvalue weighted by Crippen LogP contribution is -1.97. The first kappa shape index (κ1) is 12.8. The molecule has 96 valence electrons. The first-order valence-corrected chi connectivity index (χ1v) is 6.32. The predicted molar refractivity (Wildman–Crippen MR) is 69.0 cm³/mol. The van der Waals surface area contributed by atoms with Crippen LogP contribution in [0.1, 0.15) is 25.8 Å². The number of ether oxygens (including phenoxy) is 1. The minimum atomic E-state index is 0.434. The molecular formula is C12H15ClN4O. The zero-order valence-electron chi connectivity index (χ0n) is 10.4. The molecule has 2 heterocycles. The SMILES string of the molecule is CCCn1cc(Oc2ncnc(Cl)c2CC)cn1. The Balaban J connectivity index is 2.20. The van der Waals surface area contributed by atoms with E-state index >= 15 is 0 Å². The van der Waals surface area contributed by atoms with E-state index in [-0.39, 0.29) is 0 Å². The summed E-state index contributed by atoms with van der Waals surface area (Å²) in [5, 5.41) is 4.63. The van der Waals surface area contributed by atoms with Crippen LogP contribution >= 0.6 is 11.6 Å². The van der Waals surface area contributed by atoms with Crippen LogP contribution in [0.4, 0.5) is 0 Å². The van der Waals surface area contributed by atoms with Crippen molar-refractivity contribution in [3.05, 3.63) is 29.4 Å². The van der Waals surface area contributed by atoms with E-state index in [4.69, 9.17) is 16.3 Å². The largest absolute Gasteiger partial charge is 0.435 e. The molecule has 2 rings (SSSR count). The third-order valence-corrected chi connectivity index (χ3v) is 2.81. The Morgan fingerprint density at radius 1 is 1.33 bits per heavy atom. The summed E-state index contributed by atoms with van der Waals surface area (Å²) in [6.45, 7) is 4.95. The summed E-state index contributed by atoms with van der Waals surface area (Å²) in [6, 6.07) is 0. The van der Waals surface area contributed by atoms with Gasteiger partial charge in [0.1, 0.15) is 11.5 Å². The van der Waals surface area contributed by atoms with Crippen LogP contribution < -0.4 is 4.74 Å². The molecule has 5 nitrogen and oxygen atoms in total. The van der Waals surface area contributed by atoms with Gasteiger partial charge in [-0.15, -0.1) is 0 Å². The van der Waals surface area contributed by atoms with Gasteiger partial charge in [0.2, 0.25) is 5.88 Å². The quantitative estimate of drug-likeness (QED) is 0.781. The molecule has 6 heteroatoms. The van der Waals surface area contributed by atoms with Crippen molar-refractivity contribution in [1.29, 1.82) is 0 Å². The number of rotatable bonds is 5. The molecule has 0 N–H and O–H groups in total. The molecule has 18 heavy (non-hydrogen) atoms. The standard InChI is InChI=1S/C12H15ClN4O/c1-3-5-17-7-9(6-16-17)18-12-10(4-2)11(13)14-8-15-12/h6-8H,3-5H2,1-2H3. The molecule has 0 atom stereocenters. The van der Waals surface area contributed by atoms with E-state index in [1.165, 1.54) is 6.33 Å². The monoisotopic (exact) mass is 266 g/mol. The molecule has 0 aliphatic carbocycles. The van der Waals surface area contributed by atoms with E-state index in [1.54, 1.807) is 6.20 Å². The fraction of sp³-hybridized carbons (Fsp3) is 0.417. The van der Waals surface area contributed by atoms with E-state index in [0.717, 1.165) is 24.9 Å². The fourth-order valence-corrected chi connectivity index (χ4v) is 1.88. The molecule has 2 aromatic heterocycles. The van der Waals surface area contributed by atoms with Gasteiger partial charge in [-0.25, -0.2) is 9.97 Å². The van der Waals surface area contributed by atoms with Gasteiger partial charge in [-0.05, 0) is 12.8 Å². The van der Waals surface area contributed by atoms with E-state index in [9.17, 15) is 0 Å². The summed E-state index contributed by atoms with van der Waals surface area (Å²) in [7, 11) is 0. The summed E-state index contributed by atoms with van der Waals surface area (Å²) in [6.07, 6.45) is 6.66. The van der Waals surface area contributed by atoms with Crippen molar-refractivity contribution >= 4 is 11.6 Å². The lowest BCUT2D eigenvalue weighted by Gasteiger charge is -2.07. The third kappa shape index (κ3) is 2.79. The third-order valence-electron chi connectivity index (χ3n) is 2.48. The predicted octanol–water partition coefficient (Wildman–Crippen LogP) is 3.09. The van der Waals surface area contributed by atoms with E-state index < -0.39 is 0 Å². The zero-order chi connectivity index (χ0) is 13.0. The molecule has 0 radical (unpaired) electrons. The second-order valence-corrected chi connectivity index (χ2v) is 4.20. The molecule has 0 saturated heterocycles. The summed E-state index contributed by atoms with van der Waals surface area (Å²) in [5.41, 5.74) is 0.808. The summed E-state index contributed by atoms with van der Waals surface area (Å²) < 4.78 is 7.53. The Kier molecular flexibility index (Phi) is 4.15. The van der Waals surface area contributed by atoms with Crippen LogP contribution in [-0.4, -0.2) is 19.7 Å². The maximum Gasteiger partial charge on any atom is 0.227 e. The van der Waals surface area contributed by atoms with Crippen molar-refractivity contribution in [2.24, 2.45) is 0 Å². The van der Waals surface area contributed by atoms with Gasteiger partial charge >= 0.3 is 0 Å². The Morgan fingerprint density at radius 3 is 2.89 bits per heavy atom. The summed E-state index contributed by atoms with van der Waals surface area (Å²) in [4.78, 5) is 8.05. The average Bonchev–Trinajstić information content (AvgIpc) is 2.77. The van der Waals surface area contributed by atoms with Crippen LogP contribution in [-0.2, 0) is 13.0 Å². The second kappa shape index (κ2) is 5.82. The lowest BCUT2D eigenvalue weighted by molar-refractivity contribution is 0.453. The molecule has 2 aromatic rings. The Labute approximate surface area is 111 Å². The van der Waals surface area contributed by atoms with Crippen molar-refractivity contribution in [2.45, 2.75) is 33.2 Å². The highest BCUT2D eigenvalue weighted by atomic mass is 35.5. The van der Waals surface area contributed by atoms with Gasteiger partial charge in [-0.3, -0.25) is 4.68 Å². The highest BCUT2D eigenvalue weighted by Crippen LogP contribution is 2.26. The molecule has 0 saturated carbocycles. The zero-order valence-corrected chi connectivity index (χ0v) is 11.2. The van der Waals surface area contributed by atoms with Gasteiger partial charge in [0.15, 0.2) is 5.75 Å². The molecule has 0 amide bonds. The minimum Gasteiger partial charge on any atom is -0.435 e. The minimum absolute atomic E-state index is 0.434. The van der Waals surface area contributed by atoms with Crippen molar-refractivity contribution in [2.75, 3.05) is 0 Å². The molecule has 0 fully saturated rings. The average molecular weight is 267 g/mol. The Hall–Kier alpha value is -1.62. The van der Waals surface area contributed by atoms with Gasteiger partial charge in [0.25, 0.3) is 0 Å². The van der Waals surface area contributed by atoms with E-state index in [1.807, 2.05) is 17.8 Å². The van der Waals surface area contributed by atoms with Crippen molar-refractivity contribution in [1.82, 2.24) is 19.7 Å². The molecule has 0 aromatic carbocycles. The maximum atomic E-state index is 6.00. The lowest BCUT2D eigenvalue weighted by atomic mass is 10.2. The van der Waals surface area contributed by atoms with Gasteiger partial charge in [-0.2, -0.15) is 5.10 Å². The molecule has 0 aliphatic heterocycles. The number of aryl methyl sites for hydroxylation is 1. The Morgan fingerprint density at radius 2 is 2.17 bits per heavy atom. The summed E-state index contributed by atoms with van der Waals surface area (Å²) in [5.74, 6) is 1.15. The summed E-state index contributed by atoms with van der Waals surface area (Å²) >= 11 is 6.00. The smallest absolute Gasteiger partial charge is 0.227 e. The number of nitrogens with zero attached hydrogens (tertiary/aromatic N) is 4. The first-order valence-electron chi connectivity index (χ1n) is 5.94. The Bertz CT molecular complexity index is 527. The van der Waals surface area contributed by atoms with Crippen LogP contribution in [0, 0.1) is 0 Å². The number of hydrogen-bond donors (Lipinski definition) is 0. The van der Waals surface area contributed by atoms with Crippen molar-refractivity contribution in [3.63, 3.8) is 0 Å². The molecule has 0 aliphatic rings. The highest BCUT2D eigenvalue weighted by molar-refractivity contribution is 6.30. The van der Waals surface area contributed by atoms with Crippen molar-refractivity contribution in [3.8, 4) is 11.6 Å². The van der Waals surface area contributed by atoms with Gasteiger partial charge < -0.3 is 4.74 Å². The second-order valence-electron chi connectivity index (χ2n) is 3.84. The van der Waals surface area contributed by atoms with Gasteiger partial charge in [0, 0.05) is 6.54 Å². The maximum absolute atomic E-state index is 6.00. The van der Waals surface area contributed by atoms with Crippen LogP contribution in [0.25, 0.3) is 0 Å². The van der Waals surface area contributed by atoms with Gasteiger partial charge in [-0.1, -0.05) is 25.4 Å². The normalized spacial score (nSPS) is 10.6. The van der Waals surface area contributed by atoms with E-state index in [2.05, 4.69) is 22.0 Å². The molecule has 0 bridgehead atoms. The first-order chi connectivity index (χ1) is 8.74.